The number of carboxylic acids is 1. The molecule has 2 aliphatic heterocycles. The Morgan fingerprint density at radius 2 is 1.23 bits per heavy atom. The molecule has 73 heavy (non-hydrogen) atoms. The minimum Gasteiger partial charge on any atom is -0.477 e. The second-order valence-corrected chi connectivity index (χ2v) is 20.3. The monoisotopic (exact) mass is 1020 g/mol. The maximum atomic E-state index is 15.2. The average Bonchev–Trinajstić information content (AvgIpc) is 4.17. The topological polar surface area (TPSA) is 142 Å². The van der Waals surface area contributed by atoms with Crippen molar-refractivity contribution in [2.75, 3.05) is 11.1 Å². The summed E-state index contributed by atoms with van der Waals surface area (Å²) in [4.78, 5) is 56.8. The molecule has 3 aromatic heterocycles. The molecule has 0 saturated carbocycles. The molecule has 9 aromatic rings. The van der Waals surface area contributed by atoms with Crippen molar-refractivity contribution in [1.82, 2.24) is 19.6 Å². The third kappa shape index (κ3) is 8.70. The van der Waals surface area contributed by atoms with Crippen LogP contribution in [0.3, 0.4) is 0 Å². The highest BCUT2D eigenvalue weighted by Gasteiger charge is 2.54. The fourth-order valence-corrected chi connectivity index (χ4v) is 12.6. The van der Waals surface area contributed by atoms with Crippen molar-refractivity contribution < 1.29 is 28.9 Å². The van der Waals surface area contributed by atoms with Crippen LogP contribution in [-0.4, -0.2) is 60.1 Å². The van der Waals surface area contributed by atoms with Crippen LogP contribution in [0.1, 0.15) is 44.8 Å². The van der Waals surface area contributed by atoms with Crippen molar-refractivity contribution >= 4 is 74.0 Å². The number of allylic oxidation sites excluding steroid dienone is 1. The highest BCUT2D eigenvalue weighted by atomic mass is 32.2. The van der Waals surface area contributed by atoms with Crippen LogP contribution in [0, 0.1) is 0 Å². The lowest BCUT2D eigenvalue weighted by molar-refractivity contribution is -0.669. The third-order valence-electron chi connectivity index (χ3n) is 13.1. The van der Waals surface area contributed by atoms with Gasteiger partial charge >= 0.3 is 5.97 Å². The first-order valence-corrected chi connectivity index (χ1v) is 26.2. The van der Waals surface area contributed by atoms with E-state index >= 15 is 4.79 Å². The number of nitrogens with one attached hydrogen (secondary N) is 2. The van der Waals surface area contributed by atoms with Crippen LogP contribution in [0.4, 0.5) is 5.13 Å². The number of anilines is 1. The van der Waals surface area contributed by atoms with Crippen molar-refractivity contribution in [3.8, 4) is 0 Å². The van der Waals surface area contributed by atoms with Crippen molar-refractivity contribution in [2.24, 2.45) is 12.2 Å². The number of carbonyl (C=O) groups is 3. The summed E-state index contributed by atoms with van der Waals surface area (Å²) in [5.74, 6) is -2.24. The number of rotatable bonds is 16. The number of hydrogen-bond donors (Lipinski definition) is 3. The fourth-order valence-electron chi connectivity index (χ4n) is 9.63. The van der Waals surface area contributed by atoms with Gasteiger partial charge in [-0.2, -0.15) is 4.40 Å². The van der Waals surface area contributed by atoms with Gasteiger partial charge in [-0.25, -0.2) is 14.3 Å². The summed E-state index contributed by atoms with van der Waals surface area (Å²) in [5.41, 5.74) is 4.08. The van der Waals surface area contributed by atoms with E-state index in [1.807, 2.05) is 186 Å². The molecule has 3 N–H and O–H groups in total. The molecule has 0 unspecified atom stereocenters. The predicted molar refractivity (Wildman–Crippen MR) is 287 cm³/mol. The Hall–Kier alpha value is -8.37. The minimum absolute atomic E-state index is 0.121. The maximum absolute atomic E-state index is 15.2. The largest absolute Gasteiger partial charge is 0.477 e. The first-order chi connectivity index (χ1) is 35.7. The lowest BCUT2D eigenvalue weighted by Crippen LogP contribution is -2.71. The van der Waals surface area contributed by atoms with Gasteiger partial charge in [-0.15, -0.1) is 23.1 Å². The lowest BCUT2D eigenvalue weighted by Gasteiger charge is -2.49. The van der Waals surface area contributed by atoms with Crippen LogP contribution < -0.4 is 15.2 Å². The van der Waals surface area contributed by atoms with Crippen LogP contribution in [0.25, 0.3) is 10.9 Å². The number of oxime groups is 1. The molecule has 0 aliphatic carbocycles. The number of thioether (sulfide) groups is 1. The molecule has 2 aliphatic rings. The molecular weight excluding hydrogens is 971 g/mol. The lowest BCUT2D eigenvalue weighted by atomic mass is 9.77. The van der Waals surface area contributed by atoms with Crippen LogP contribution in [0.5, 0.6) is 0 Å². The van der Waals surface area contributed by atoms with Gasteiger partial charge in [0.05, 0.1) is 7.05 Å². The Morgan fingerprint density at radius 3 is 1.74 bits per heavy atom. The van der Waals surface area contributed by atoms with Gasteiger partial charge in [0.2, 0.25) is 16.8 Å². The highest BCUT2D eigenvalue weighted by molar-refractivity contribution is 8.00. The summed E-state index contributed by atoms with van der Waals surface area (Å²) in [6.07, 6.45) is 7.56. The van der Waals surface area contributed by atoms with Gasteiger partial charge in [0, 0.05) is 33.2 Å². The molecule has 12 nitrogen and oxygen atoms in total. The number of nitrogens with zero attached hydrogens (tertiary/aromatic N) is 5. The molecule has 15 heteroatoms. The zero-order valence-electron chi connectivity index (χ0n) is 39.2. The van der Waals surface area contributed by atoms with Gasteiger partial charge in [0.15, 0.2) is 10.8 Å². The summed E-state index contributed by atoms with van der Waals surface area (Å²) in [5, 5.41) is 25.7. The molecule has 0 bridgehead atoms. The third-order valence-corrected chi connectivity index (χ3v) is 16.0. The number of aliphatic carboxylic acids is 1. The molecule has 1 fully saturated rings. The smallest absolute Gasteiger partial charge is 0.352 e. The van der Waals surface area contributed by atoms with E-state index in [1.165, 1.54) is 28.0 Å². The summed E-state index contributed by atoms with van der Waals surface area (Å²) in [6, 6.07) is 58.3. The van der Waals surface area contributed by atoms with Crippen LogP contribution in [-0.2, 0) is 37.4 Å². The summed E-state index contributed by atoms with van der Waals surface area (Å²) in [6.45, 7) is 0. The Morgan fingerprint density at radius 1 is 0.726 bits per heavy atom. The van der Waals surface area contributed by atoms with Crippen molar-refractivity contribution in [3.63, 3.8) is 0 Å². The highest BCUT2D eigenvalue weighted by Crippen LogP contribution is 2.44. The van der Waals surface area contributed by atoms with Gasteiger partial charge in [-0.3, -0.25) is 14.5 Å². The summed E-state index contributed by atoms with van der Waals surface area (Å²) in [7, 11) is 1.94. The molecule has 2 atom stereocenters. The number of amides is 2. The van der Waals surface area contributed by atoms with E-state index in [0.29, 0.717) is 10.7 Å². The molecule has 0 spiro atoms. The van der Waals surface area contributed by atoms with Crippen molar-refractivity contribution in [2.45, 2.75) is 22.6 Å². The molecule has 5 heterocycles. The molecule has 0 radical (unpaired) electrons. The van der Waals surface area contributed by atoms with E-state index in [1.54, 1.807) is 22.8 Å². The van der Waals surface area contributed by atoms with E-state index in [9.17, 15) is 14.7 Å². The van der Waals surface area contributed by atoms with Gasteiger partial charge in [-0.1, -0.05) is 205 Å². The SMILES string of the molecule is C[n+]1cc2scc(C=CC3=C(C(=O)O)N4C(=O)[C@@H](NC(=O)/C(=N\OC(c5ccccc5)(c5ccccc5)c5ccccc5)c5csc(NC(c6ccccc6)(c6ccccc6)c6ccccc6)n5)[C@H]4SC3)n2c1. The van der Waals surface area contributed by atoms with E-state index < -0.39 is 40.3 Å². The number of imidazole rings is 1. The number of carboxylic acid groups (broad SMARTS) is 1. The number of aryl methyl sites for hydroxylation is 1. The number of benzene rings is 6. The Labute approximate surface area is 433 Å². The Kier molecular flexibility index (Phi) is 12.9. The number of fused-ring (bicyclic) bond motifs is 2. The number of carbonyl (C=O) groups excluding carboxylic acids is 2. The standard InChI is InChI=1S/C58H45N7O5S3/c1-63-34-48-64(38-63)46(36-71-48)33-32-39-35-72-54-50(53(67)65(54)51(39)55(68)69)60-52(66)49(62-70-58(43-26-14-5-15-27-43,44-28-16-6-17-29-44)45-30-18-7-19-31-45)47-37-73-56(59-47)61-57(40-20-8-2-9-21-40,41-22-10-3-11-23-41)42-24-12-4-13-25-42/h2-34,36-38,50,54H,35H2,1H3,(H2-,59,60,61,66,68,69)/p+1/b33-32?,62-49-/t50-,54-/m1/s1. The normalized spacial score (nSPS) is 16.0. The first kappa shape index (κ1) is 47.0. The van der Waals surface area contributed by atoms with Crippen LogP contribution >= 0.6 is 34.4 Å². The molecule has 11 rings (SSSR count). The first-order valence-electron chi connectivity index (χ1n) is 23.4. The Bertz CT molecular complexity index is 3350. The second kappa shape index (κ2) is 20.0. The van der Waals surface area contributed by atoms with E-state index in [-0.39, 0.29) is 22.9 Å². The van der Waals surface area contributed by atoms with Gasteiger partial charge < -0.3 is 20.6 Å². The van der Waals surface area contributed by atoms with Crippen LogP contribution in [0.15, 0.2) is 228 Å². The molecule has 360 valence electrons. The van der Waals surface area contributed by atoms with Crippen LogP contribution in [0.2, 0.25) is 0 Å². The zero-order valence-corrected chi connectivity index (χ0v) is 41.6. The fraction of sp³-hybridized carbons (Fsp3) is 0.103. The van der Waals surface area contributed by atoms with E-state index in [2.05, 4.69) is 47.0 Å². The van der Waals surface area contributed by atoms with E-state index in [0.717, 1.165) is 43.9 Å². The molecule has 1 saturated heterocycles. The van der Waals surface area contributed by atoms with Gasteiger partial charge in [0.25, 0.3) is 11.8 Å². The minimum atomic E-state index is -1.36. The van der Waals surface area contributed by atoms with Gasteiger partial charge in [-0.05, 0) is 28.3 Å². The summed E-state index contributed by atoms with van der Waals surface area (Å²) < 4.78 is 3.97. The zero-order chi connectivity index (χ0) is 49.9. The average molecular weight is 1020 g/mol. The molecular formula is C58H46N7O5S3+. The number of hydrogen-bond acceptors (Lipinski definition) is 10. The Balaban J connectivity index is 0.990. The quantitative estimate of drug-likeness (QED) is 0.0286. The number of thiazole rings is 2. The molecule has 2 amide bonds. The number of β-lactam (4-membered cyclic amide) rings is 1. The molecule has 6 aromatic carbocycles. The number of aromatic nitrogens is 3. The van der Waals surface area contributed by atoms with Crippen molar-refractivity contribution in [3.05, 3.63) is 267 Å². The second-order valence-electron chi connectivity index (χ2n) is 17.5. The van der Waals surface area contributed by atoms with E-state index in [4.69, 9.17) is 15.0 Å². The summed E-state index contributed by atoms with van der Waals surface area (Å²) >= 11 is 4.25. The van der Waals surface area contributed by atoms with Gasteiger partial charge in [0.1, 0.15) is 40.2 Å². The maximum Gasteiger partial charge on any atom is 0.352 e. The predicted octanol–water partition coefficient (Wildman–Crippen LogP) is 9.85. The van der Waals surface area contributed by atoms with Crippen molar-refractivity contribution in [1.29, 1.82) is 0 Å².